The zero-order valence-electron chi connectivity index (χ0n) is 25.8. The third-order valence-electron chi connectivity index (χ3n) is 10.2. The molecule has 2 aromatic heterocycles. The average molecular weight is 643 g/mol. The summed E-state index contributed by atoms with van der Waals surface area (Å²) in [6, 6.07) is 58.9. The molecule has 9 aromatic carbocycles. The largest absolute Gasteiger partial charge is 0.135 e. The number of rotatable bonds is 2. The van der Waals surface area contributed by atoms with Crippen LogP contribution in [0.25, 0.3) is 106 Å². The van der Waals surface area contributed by atoms with Gasteiger partial charge in [-0.25, -0.2) is 0 Å². The van der Waals surface area contributed by atoms with Crippen LogP contribution in [-0.4, -0.2) is 0 Å². The Labute approximate surface area is 284 Å². The summed E-state index contributed by atoms with van der Waals surface area (Å²) in [5, 5.41) is 15.7. The van der Waals surface area contributed by atoms with E-state index >= 15 is 0 Å². The molecular formula is C46H26S2. The molecule has 0 aliphatic carbocycles. The van der Waals surface area contributed by atoms with Crippen LogP contribution >= 0.6 is 22.7 Å². The maximum Gasteiger partial charge on any atom is 0.0434 e. The van der Waals surface area contributed by atoms with Crippen LogP contribution in [0.4, 0.5) is 0 Å². The van der Waals surface area contributed by atoms with Gasteiger partial charge in [0.2, 0.25) is 0 Å². The van der Waals surface area contributed by atoms with Crippen molar-refractivity contribution >= 4 is 106 Å². The molecule has 2 heteroatoms. The van der Waals surface area contributed by atoms with E-state index in [1.807, 2.05) is 22.7 Å². The number of benzene rings is 9. The van der Waals surface area contributed by atoms with Crippen LogP contribution in [0.2, 0.25) is 0 Å². The van der Waals surface area contributed by atoms with Crippen LogP contribution in [0.15, 0.2) is 158 Å². The number of hydrogen-bond acceptors (Lipinski definition) is 2. The topological polar surface area (TPSA) is 0 Å². The molecule has 0 fully saturated rings. The molecule has 2 heterocycles. The van der Waals surface area contributed by atoms with Gasteiger partial charge < -0.3 is 0 Å². The molecule has 0 atom stereocenters. The lowest BCUT2D eigenvalue weighted by Crippen LogP contribution is -1.91. The molecule has 0 unspecified atom stereocenters. The Hall–Kier alpha value is -5.54. The monoisotopic (exact) mass is 642 g/mol. The van der Waals surface area contributed by atoms with Gasteiger partial charge >= 0.3 is 0 Å². The van der Waals surface area contributed by atoms with Gasteiger partial charge in [0, 0.05) is 45.7 Å². The SMILES string of the molecule is c1ccc2cc(-c3c4ccccc4c(-c4ccc5sc6c7cc8sc9ccccc9c8cc7ccc6c5c4)c4ccccc34)ccc2c1. The van der Waals surface area contributed by atoms with Gasteiger partial charge in [-0.2, -0.15) is 0 Å². The van der Waals surface area contributed by atoms with E-state index in [0.717, 1.165) is 0 Å². The zero-order chi connectivity index (χ0) is 31.3. The van der Waals surface area contributed by atoms with Crippen molar-refractivity contribution < 1.29 is 0 Å². The van der Waals surface area contributed by atoms with E-state index in [4.69, 9.17) is 0 Å². The summed E-state index contributed by atoms with van der Waals surface area (Å²) in [5.41, 5.74) is 5.13. The molecule has 11 aromatic rings. The quantitative estimate of drug-likeness (QED) is 0.165. The van der Waals surface area contributed by atoms with Crippen LogP contribution < -0.4 is 0 Å². The molecule has 0 bridgehead atoms. The smallest absolute Gasteiger partial charge is 0.0434 e. The van der Waals surface area contributed by atoms with Crippen LogP contribution in [0.3, 0.4) is 0 Å². The van der Waals surface area contributed by atoms with Crippen molar-refractivity contribution in [2.75, 3.05) is 0 Å². The second-order valence-corrected chi connectivity index (χ2v) is 15.0. The number of hydrogen-bond donors (Lipinski definition) is 0. The number of thiophene rings is 2. The zero-order valence-corrected chi connectivity index (χ0v) is 27.5. The van der Waals surface area contributed by atoms with Crippen molar-refractivity contribution in [3.05, 3.63) is 158 Å². The fourth-order valence-corrected chi connectivity index (χ4v) is 10.4. The Balaban J connectivity index is 1.17. The van der Waals surface area contributed by atoms with E-state index in [0.29, 0.717) is 0 Å². The first kappa shape index (κ1) is 26.5. The van der Waals surface area contributed by atoms with E-state index in [1.165, 1.54) is 106 Å². The maximum atomic E-state index is 2.45. The maximum absolute atomic E-state index is 2.45. The van der Waals surface area contributed by atoms with Gasteiger partial charge in [0.05, 0.1) is 0 Å². The van der Waals surface area contributed by atoms with Gasteiger partial charge in [0.1, 0.15) is 0 Å². The normalized spacial score (nSPS) is 12.2. The first-order valence-electron chi connectivity index (χ1n) is 16.4. The highest BCUT2D eigenvalue weighted by Crippen LogP contribution is 2.47. The van der Waals surface area contributed by atoms with Gasteiger partial charge in [0.25, 0.3) is 0 Å². The molecule has 0 aliphatic rings. The molecule has 222 valence electrons. The first-order chi connectivity index (χ1) is 23.8. The first-order valence-corrected chi connectivity index (χ1v) is 18.1. The fourth-order valence-electron chi connectivity index (χ4n) is 8.03. The van der Waals surface area contributed by atoms with E-state index < -0.39 is 0 Å². The summed E-state index contributed by atoms with van der Waals surface area (Å²) >= 11 is 3.82. The molecule has 0 spiro atoms. The highest BCUT2D eigenvalue weighted by molar-refractivity contribution is 7.27. The molecule has 0 amide bonds. The lowest BCUT2D eigenvalue weighted by atomic mass is 9.85. The molecule has 11 rings (SSSR count). The second kappa shape index (κ2) is 9.98. The molecule has 48 heavy (non-hydrogen) atoms. The molecule has 0 N–H and O–H groups in total. The minimum atomic E-state index is 1.26. The van der Waals surface area contributed by atoms with Crippen LogP contribution in [0.5, 0.6) is 0 Å². The van der Waals surface area contributed by atoms with Crippen molar-refractivity contribution in [1.82, 2.24) is 0 Å². The summed E-state index contributed by atoms with van der Waals surface area (Å²) in [6.45, 7) is 0. The minimum Gasteiger partial charge on any atom is -0.135 e. The Morgan fingerprint density at radius 3 is 1.58 bits per heavy atom. The molecule has 0 aliphatic heterocycles. The summed E-state index contributed by atoms with van der Waals surface area (Å²) in [4.78, 5) is 0. The second-order valence-electron chi connectivity index (χ2n) is 12.8. The molecule has 0 saturated heterocycles. The minimum absolute atomic E-state index is 1.26. The highest BCUT2D eigenvalue weighted by Gasteiger charge is 2.18. The Morgan fingerprint density at radius 1 is 0.271 bits per heavy atom. The molecule has 0 nitrogen and oxygen atoms in total. The van der Waals surface area contributed by atoms with Gasteiger partial charge in [0.15, 0.2) is 0 Å². The van der Waals surface area contributed by atoms with Crippen LogP contribution in [0.1, 0.15) is 0 Å². The summed E-state index contributed by atoms with van der Waals surface area (Å²) in [7, 11) is 0. The third kappa shape index (κ3) is 3.76. The Morgan fingerprint density at radius 2 is 0.833 bits per heavy atom. The van der Waals surface area contributed by atoms with Gasteiger partial charge in [-0.1, -0.05) is 121 Å². The molecule has 0 saturated carbocycles. The van der Waals surface area contributed by atoms with E-state index in [1.54, 1.807) is 0 Å². The summed E-state index contributed by atoms with van der Waals surface area (Å²) < 4.78 is 5.42. The highest BCUT2D eigenvalue weighted by atomic mass is 32.1. The van der Waals surface area contributed by atoms with Crippen molar-refractivity contribution in [2.45, 2.75) is 0 Å². The van der Waals surface area contributed by atoms with Gasteiger partial charge in [-0.05, 0) is 96.4 Å². The fraction of sp³-hybridized carbons (Fsp3) is 0. The average Bonchev–Trinajstić information content (AvgIpc) is 3.70. The van der Waals surface area contributed by atoms with Gasteiger partial charge in [-0.3, -0.25) is 0 Å². The van der Waals surface area contributed by atoms with E-state index in [-0.39, 0.29) is 0 Å². The molecule has 0 radical (unpaired) electrons. The predicted molar refractivity (Wildman–Crippen MR) is 213 cm³/mol. The van der Waals surface area contributed by atoms with Gasteiger partial charge in [-0.15, -0.1) is 22.7 Å². The van der Waals surface area contributed by atoms with E-state index in [9.17, 15) is 0 Å². The Kier molecular flexibility index (Phi) is 5.51. The van der Waals surface area contributed by atoms with E-state index in [2.05, 4.69) is 158 Å². The predicted octanol–water partition coefficient (Wildman–Crippen LogP) is 14.4. The van der Waals surface area contributed by atoms with Crippen LogP contribution in [0, 0.1) is 0 Å². The summed E-state index contributed by atoms with van der Waals surface area (Å²) in [5.74, 6) is 0. The lowest BCUT2D eigenvalue weighted by molar-refractivity contribution is 1.69. The van der Waals surface area contributed by atoms with Crippen molar-refractivity contribution in [3.8, 4) is 22.3 Å². The van der Waals surface area contributed by atoms with Crippen molar-refractivity contribution in [2.24, 2.45) is 0 Å². The van der Waals surface area contributed by atoms with Crippen LogP contribution in [-0.2, 0) is 0 Å². The third-order valence-corrected chi connectivity index (χ3v) is 12.6. The van der Waals surface area contributed by atoms with Crippen molar-refractivity contribution in [3.63, 3.8) is 0 Å². The molecular weight excluding hydrogens is 617 g/mol. The summed E-state index contributed by atoms with van der Waals surface area (Å²) in [6.07, 6.45) is 0. The van der Waals surface area contributed by atoms with Crippen molar-refractivity contribution in [1.29, 1.82) is 0 Å². The number of fused-ring (bicyclic) bond motifs is 11. The lowest BCUT2D eigenvalue weighted by Gasteiger charge is -2.18. The standard InChI is InChI=1S/C46H26S2/c1-2-10-28-23-30(18-17-27(28)9-1)44-33-12-3-5-14-35(33)45(36-15-6-4-13-34(36)44)31-20-22-42-40(25-31)37-21-19-29-24-39-32-11-7-8-16-41(32)47-43(39)26-38(29)46(37)48-42/h1-26H. The Bertz CT molecular complexity index is 3060.